The van der Waals surface area contributed by atoms with Gasteiger partial charge >= 0.3 is 0 Å². The molecule has 112 valence electrons. The number of carbonyl (C=O) groups excluding carboxylic acids is 1. The van der Waals surface area contributed by atoms with E-state index in [0.717, 1.165) is 39.2 Å². The van der Waals surface area contributed by atoms with Crippen LogP contribution >= 0.6 is 0 Å². The molecule has 2 heterocycles. The number of para-hydroxylation sites is 1. The zero-order valence-corrected chi connectivity index (χ0v) is 12.6. The van der Waals surface area contributed by atoms with Gasteiger partial charge in [0.05, 0.1) is 5.92 Å². The summed E-state index contributed by atoms with van der Waals surface area (Å²) in [5.74, 6) is 1.73. The second-order valence-corrected chi connectivity index (χ2v) is 6.07. The van der Waals surface area contributed by atoms with Gasteiger partial charge in [-0.3, -0.25) is 4.79 Å². The Morgan fingerprint density at radius 3 is 2.83 bits per heavy atom. The Morgan fingerprint density at radius 1 is 1.09 bits per heavy atom. The average Bonchev–Trinajstić information content (AvgIpc) is 3.12. The summed E-state index contributed by atoms with van der Waals surface area (Å²) >= 11 is 0. The number of benzene rings is 2. The summed E-state index contributed by atoms with van der Waals surface area (Å²) in [6.07, 6.45) is 4.03. The Kier molecular flexibility index (Phi) is 2.41. The minimum absolute atomic E-state index is 0.0261. The van der Waals surface area contributed by atoms with Gasteiger partial charge in [0.15, 0.2) is 17.6 Å². The standard InChI is InChI=1S/C20H14O3/c1-11(21)12-6-4-8-17-18(12)15-10-9-14-13-5-2-3-7-16(13)22-19(14)20(15)23-17/h2-10,15,20H,1H3. The molecule has 3 aromatic rings. The predicted octanol–water partition coefficient (Wildman–Crippen LogP) is 4.88. The molecule has 2 aromatic carbocycles. The van der Waals surface area contributed by atoms with Crippen molar-refractivity contribution in [1.29, 1.82) is 0 Å². The van der Waals surface area contributed by atoms with E-state index in [1.54, 1.807) is 6.92 Å². The molecule has 0 saturated carbocycles. The van der Waals surface area contributed by atoms with Crippen LogP contribution in [0.4, 0.5) is 0 Å². The highest BCUT2D eigenvalue weighted by molar-refractivity contribution is 5.97. The number of ketones is 1. The maximum atomic E-state index is 12.0. The van der Waals surface area contributed by atoms with Crippen molar-refractivity contribution in [3.05, 3.63) is 71.0 Å². The molecule has 1 aliphatic heterocycles. The molecular weight excluding hydrogens is 288 g/mol. The molecule has 2 atom stereocenters. The van der Waals surface area contributed by atoms with E-state index < -0.39 is 0 Å². The van der Waals surface area contributed by atoms with Crippen molar-refractivity contribution in [2.24, 2.45) is 0 Å². The molecule has 0 radical (unpaired) electrons. The van der Waals surface area contributed by atoms with Crippen LogP contribution in [0.25, 0.3) is 17.0 Å². The van der Waals surface area contributed by atoms with E-state index in [1.165, 1.54) is 0 Å². The number of ether oxygens (including phenoxy) is 1. The third-order valence-corrected chi connectivity index (χ3v) is 4.75. The molecule has 1 aromatic heterocycles. The van der Waals surface area contributed by atoms with Gasteiger partial charge in [-0.15, -0.1) is 0 Å². The smallest absolute Gasteiger partial charge is 0.167 e. The maximum absolute atomic E-state index is 12.0. The van der Waals surface area contributed by atoms with Gasteiger partial charge < -0.3 is 9.15 Å². The molecule has 0 spiro atoms. The van der Waals surface area contributed by atoms with Crippen LogP contribution < -0.4 is 4.74 Å². The van der Waals surface area contributed by atoms with E-state index in [9.17, 15) is 4.79 Å². The highest BCUT2D eigenvalue weighted by atomic mass is 16.5. The van der Waals surface area contributed by atoms with Crippen molar-refractivity contribution in [2.45, 2.75) is 18.9 Å². The summed E-state index contributed by atoms with van der Waals surface area (Å²) in [7, 11) is 0. The van der Waals surface area contributed by atoms with Crippen molar-refractivity contribution in [1.82, 2.24) is 0 Å². The van der Waals surface area contributed by atoms with Gasteiger partial charge in [-0.1, -0.05) is 42.5 Å². The van der Waals surface area contributed by atoms with Gasteiger partial charge in [-0.05, 0) is 19.1 Å². The minimum Gasteiger partial charge on any atom is -0.481 e. The van der Waals surface area contributed by atoms with E-state index in [0.29, 0.717) is 0 Å². The van der Waals surface area contributed by atoms with Crippen molar-refractivity contribution in [3.63, 3.8) is 0 Å². The molecule has 0 N–H and O–H groups in total. The van der Waals surface area contributed by atoms with Crippen molar-refractivity contribution < 1.29 is 13.9 Å². The zero-order valence-electron chi connectivity index (χ0n) is 12.6. The third kappa shape index (κ3) is 1.62. The second kappa shape index (κ2) is 4.35. The number of carbonyl (C=O) groups is 1. The van der Waals surface area contributed by atoms with Crippen LogP contribution in [0.3, 0.4) is 0 Å². The second-order valence-electron chi connectivity index (χ2n) is 6.07. The van der Waals surface area contributed by atoms with Crippen molar-refractivity contribution >= 4 is 22.8 Å². The van der Waals surface area contributed by atoms with Crippen LogP contribution in [0.1, 0.15) is 46.2 Å². The van der Waals surface area contributed by atoms with Crippen LogP contribution in [-0.2, 0) is 0 Å². The lowest BCUT2D eigenvalue weighted by atomic mass is 9.84. The molecule has 3 nitrogen and oxygen atoms in total. The van der Waals surface area contributed by atoms with Gasteiger partial charge in [0.25, 0.3) is 0 Å². The van der Waals surface area contributed by atoms with Crippen LogP contribution in [0.15, 0.2) is 53.0 Å². The quantitative estimate of drug-likeness (QED) is 0.601. The third-order valence-electron chi connectivity index (χ3n) is 4.75. The average molecular weight is 302 g/mol. The molecule has 5 rings (SSSR count). The summed E-state index contributed by atoms with van der Waals surface area (Å²) in [5, 5.41) is 1.10. The number of Topliss-reactive ketones (excluding diaryl/α,β-unsaturated/α-hetero) is 1. The molecule has 23 heavy (non-hydrogen) atoms. The Labute approximate surface area is 133 Å². The SMILES string of the molecule is CC(=O)c1cccc2c1C1C=Cc3c(oc4ccccc34)C1O2. The Hall–Kier alpha value is -2.81. The van der Waals surface area contributed by atoms with Gasteiger partial charge in [-0.25, -0.2) is 0 Å². The first-order chi connectivity index (χ1) is 11.2. The number of hydrogen-bond donors (Lipinski definition) is 0. The van der Waals surface area contributed by atoms with Crippen molar-refractivity contribution in [2.75, 3.05) is 0 Å². The minimum atomic E-state index is -0.196. The summed E-state index contributed by atoms with van der Waals surface area (Å²) in [5.41, 5.74) is 3.67. The largest absolute Gasteiger partial charge is 0.481 e. The lowest BCUT2D eigenvalue weighted by Gasteiger charge is -2.19. The molecule has 0 saturated heterocycles. The van der Waals surface area contributed by atoms with E-state index in [1.807, 2.05) is 36.4 Å². The van der Waals surface area contributed by atoms with E-state index in [-0.39, 0.29) is 17.8 Å². The number of fused-ring (bicyclic) bond motifs is 7. The molecule has 1 aliphatic carbocycles. The molecule has 3 heteroatoms. The first kappa shape index (κ1) is 12.7. The van der Waals surface area contributed by atoms with E-state index in [4.69, 9.17) is 9.15 Å². The van der Waals surface area contributed by atoms with E-state index >= 15 is 0 Å². The van der Waals surface area contributed by atoms with Gasteiger partial charge in [-0.2, -0.15) is 0 Å². The highest BCUT2D eigenvalue weighted by Gasteiger charge is 2.41. The summed E-state index contributed by atoms with van der Waals surface area (Å²) in [4.78, 5) is 12.0. The summed E-state index contributed by atoms with van der Waals surface area (Å²) in [6.45, 7) is 1.60. The fourth-order valence-electron chi connectivity index (χ4n) is 3.74. The Morgan fingerprint density at radius 2 is 1.96 bits per heavy atom. The highest BCUT2D eigenvalue weighted by Crippen LogP contribution is 2.52. The lowest BCUT2D eigenvalue weighted by molar-refractivity contribution is 0.101. The lowest BCUT2D eigenvalue weighted by Crippen LogP contribution is -2.12. The van der Waals surface area contributed by atoms with Gasteiger partial charge in [0.2, 0.25) is 0 Å². The topological polar surface area (TPSA) is 39.4 Å². The predicted molar refractivity (Wildman–Crippen MR) is 87.8 cm³/mol. The van der Waals surface area contributed by atoms with Gasteiger partial charge in [0, 0.05) is 22.1 Å². The number of hydrogen-bond acceptors (Lipinski definition) is 3. The first-order valence-electron chi connectivity index (χ1n) is 7.74. The first-order valence-corrected chi connectivity index (χ1v) is 7.74. The van der Waals surface area contributed by atoms with E-state index in [2.05, 4.69) is 18.2 Å². The Balaban J connectivity index is 1.73. The number of furan rings is 1. The van der Waals surface area contributed by atoms with Crippen molar-refractivity contribution in [3.8, 4) is 5.75 Å². The summed E-state index contributed by atoms with van der Waals surface area (Å²) < 4.78 is 12.2. The molecular formula is C20H14O3. The van der Waals surface area contributed by atoms with Crippen LogP contribution in [0, 0.1) is 0 Å². The molecule has 0 fully saturated rings. The fourth-order valence-corrected chi connectivity index (χ4v) is 3.74. The molecule has 2 unspecified atom stereocenters. The summed E-state index contributed by atoms with van der Waals surface area (Å²) in [6, 6.07) is 13.7. The zero-order chi connectivity index (χ0) is 15.6. The normalized spacial score (nSPS) is 20.7. The monoisotopic (exact) mass is 302 g/mol. The number of rotatable bonds is 1. The fraction of sp³-hybridized carbons (Fsp3) is 0.150. The van der Waals surface area contributed by atoms with Crippen LogP contribution in [0.2, 0.25) is 0 Å². The molecule has 0 amide bonds. The molecule has 0 bridgehead atoms. The van der Waals surface area contributed by atoms with Crippen LogP contribution in [0.5, 0.6) is 5.75 Å². The molecule has 2 aliphatic rings. The maximum Gasteiger partial charge on any atom is 0.167 e. The van der Waals surface area contributed by atoms with Gasteiger partial charge in [0.1, 0.15) is 11.3 Å². The Bertz CT molecular complexity index is 993. The van der Waals surface area contributed by atoms with Crippen LogP contribution in [-0.4, -0.2) is 5.78 Å².